The minimum atomic E-state index is -0.231. The first-order valence-electron chi connectivity index (χ1n) is 7.21. The molecular formula is C16H22N2O3. The maximum atomic E-state index is 11.6. The maximum Gasteiger partial charge on any atom is 0.244 e. The molecule has 5 nitrogen and oxygen atoms in total. The van der Waals surface area contributed by atoms with Gasteiger partial charge in [-0.05, 0) is 30.7 Å². The predicted molar refractivity (Wildman–Crippen MR) is 83.2 cm³/mol. The average Bonchev–Trinajstić information content (AvgIpc) is 2.54. The van der Waals surface area contributed by atoms with Gasteiger partial charge in [0.2, 0.25) is 5.91 Å². The topological polar surface area (TPSA) is 61.8 Å². The van der Waals surface area contributed by atoms with E-state index in [2.05, 4.69) is 22.3 Å². The van der Waals surface area contributed by atoms with E-state index >= 15 is 0 Å². The van der Waals surface area contributed by atoms with Gasteiger partial charge in [0.1, 0.15) is 0 Å². The third-order valence-corrected chi connectivity index (χ3v) is 3.36. The molecular weight excluding hydrogens is 268 g/mol. The van der Waals surface area contributed by atoms with E-state index in [-0.39, 0.29) is 18.6 Å². The second kappa shape index (κ2) is 7.81. The molecule has 5 heteroatoms. The molecule has 1 amide bonds. The highest BCUT2D eigenvalue weighted by Gasteiger charge is 2.10. The molecule has 1 aromatic carbocycles. The van der Waals surface area contributed by atoms with Gasteiger partial charge in [0.15, 0.2) is 0 Å². The Bertz CT molecular complexity index is 479. The van der Waals surface area contributed by atoms with Crippen molar-refractivity contribution in [1.29, 1.82) is 0 Å². The minimum absolute atomic E-state index is 0.0617. The number of carbonyl (C=O) groups excluding carboxylic acids is 1. The van der Waals surface area contributed by atoms with Crippen LogP contribution >= 0.6 is 0 Å². The number of hydrogen-bond donors (Lipinski definition) is 2. The van der Waals surface area contributed by atoms with Crippen LogP contribution in [0.15, 0.2) is 30.3 Å². The number of carbonyl (C=O) groups is 1. The van der Waals surface area contributed by atoms with Crippen molar-refractivity contribution in [1.82, 2.24) is 5.32 Å². The summed E-state index contributed by atoms with van der Waals surface area (Å²) in [6.45, 7) is 5.06. The molecule has 0 aliphatic carbocycles. The van der Waals surface area contributed by atoms with Gasteiger partial charge in [0.05, 0.1) is 19.8 Å². The van der Waals surface area contributed by atoms with Crippen molar-refractivity contribution < 1.29 is 14.6 Å². The van der Waals surface area contributed by atoms with Crippen LogP contribution in [0.25, 0.3) is 6.08 Å². The van der Waals surface area contributed by atoms with Crippen LogP contribution in [-0.4, -0.2) is 50.0 Å². The van der Waals surface area contributed by atoms with Crippen LogP contribution in [0.2, 0.25) is 0 Å². The summed E-state index contributed by atoms with van der Waals surface area (Å²) in [5.41, 5.74) is 2.15. The van der Waals surface area contributed by atoms with Gasteiger partial charge >= 0.3 is 0 Å². The number of morpholine rings is 1. The fourth-order valence-electron chi connectivity index (χ4n) is 2.13. The van der Waals surface area contributed by atoms with E-state index in [4.69, 9.17) is 9.84 Å². The van der Waals surface area contributed by atoms with Crippen molar-refractivity contribution in [2.45, 2.75) is 13.0 Å². The normalized spacial score (nSPS) is 17.0. The molecule has 0 bridgehead atoms. The monoisotopic (exact) mass is 290 g/mol. The van der Waals surface area contributed by atoms with Crippen LogP contribution < -0.4 is 10.2 Å². The number of benzene rings is 1. The number of aliphatic hydroxyl groups excluding tert-OH is 1. The van der Waals surface area contributed by atoms with E-state index in [0.717, 1.165) is 31.9 Å². The zero-order valence-electron chi connectivity index (χ0n) is 12.3. The van der Waals surface area contributed by atoms with E-state index in [0.29, 0.717) is 0 Å². The van der Waals surface area contributed by atoms with Crippen molar-refractivity contribution in [3.63, 3.8) is 0 Å². The van der Waals surface area contributed by atoms with Gasteiger partial charge in [0.25, 0.3) is 0 Å². The molecule has 1 aliphatic rings. The Morgan fingerprint density at radius 3 is 2.67 bits per heavy atom. The molecule has 21 heavy (non-hydrogen) atoms. The van der Waals surface area contributed by atoms with Gasteiger partial charge in [-0.2, -0.15) is 0 Å². The first-order valence-corrected chi connectivity index (χ1v) is 7.21. The summed E-state index contributed by atoms with van der Waals surface area (Å²) in [5.74, 6) is -0.200. The summed E-state index contributed by atoms with van der Waals surface area (Å²) in [4.78, 5) is 13.9. The van der Waals surface area contributed by atoms with Crippen molar-refractivity contribution in [3.05, 3.63) is 35.9 Å². The highest BCUT2D eigenvalue weighted by molar-refractivity contribution is 5.91. The second-order valence-corrected chi connectivity index (χ2v) is 5.12. The summed E-state index contributed by atoms with van der Waals surface area (Å²) in [5, 5.41) is 11.5. The molecule has 0 aromatic heterocycles. The fraction of sp³-hybridized carbons (Fsp3) is 0.438. The van der Waals surface area contributed by atoms with E-state index in [1.54, 1.807) is 13.0 Å². The Morgan fingerprint density at radius 1 is 1.38 bits per heavy atom. The molecule has 1 fully saturated rings. The molecule has 1 heterocycles. The Morgan fingerprint density at radius 2 is 2.05 bits per heavy atom. The average molecular weight is 290 g/mol. The number of ether oxygens (including phenoxy) is 1. The van der Waals surface area contributed by atoms with Crippen molar-refractivity contribution in [2.75, 3.05) is 37.8 Å². The summed E-state index contributed by atoms with van der Waals surface area (Å²) in [6, 6.07) is 7.86. The molecule has 1 aliphatic heterocycles. The van der Waals surface area contributed by atoms with Crippen molar-refractivity contribution >= 4 is 17.7 Å². The van der Waals surface area contributed by atoms with Crippen LogP contribution in [0, 0.1) is 0 Å². The Hall–Kier alpha value is -1.85. The molecule has 2 N–H and O–H groups in total. The van der Waals surface area contributed by atoms with E-state index < -0.39 is 0 Å². The second-order valence-electron chi connectivity index (χ2n) is 5.12. The molecule has 114 valence electrons. The molecule has 1 saturated heterocycles. The van der Waals surface area contributed by atoms with Gasteiger partial charge < -0.3 is 20.1 Å². The Kier molecular flexibility index (Phi) is 5.78. The largest absolute Gasteiger partial charge is 0.394 e. The van der Waals surface area contributed by atoms with Crippen LogP contribution in [-0.2, 0) is 9.53 Å². The van der Waals surface area contributed by atoms with E-state index in [9.17, 15) is 4.79 Å². The molecule has 0 radical (unpaired) electrons. The maximum absolute atomic E-state index is 11.6. The fourth-order valence-corrected chi connectivity index (χ4v) is 2.13. The van der Waals surface area contributed by atoms with Crippen molar-refractivity contribution in [2.24, 2.45) is 0 Å². The van der Waals surface area contributed by atoms with Crippen LogP contribution in [0.4, 0.5) is 5.69 Å². The smallest absolute Gasteiger partial charge is 0.244 e. The SMILES string of the molecule is CC(CO)NC(=O)/C=C/c1ccc(N2CCOCC2)cc1. The lowest BCUT2D eigenvalue weighted by Gasteiger charge is -2.28. The van der Waals surface area contributed by atoms with Crippen LogP contribution in [0.3, 0.4) is 0 Å². The highest BCUT2D eigenvalue weighted by atomic mass is 16.5. The van der Waals surface area contributed by atoms with Gasteiger partial charge in [-0.25, -0.2) is 0 Å². The number of hydrogen-bond acceptors (Lipinski definition) is 4. The molecule has 1 aromatic rings. The third kappa shape index (κ3) is 4.88. The molecule has 1 atom stereocenters. The Labute approximate surface area is 125 Å². The van der Waals surface area contributed by atoms with E-state index in [1.807, 2.05) is 12.1 Å². The number of amides is 1. The van der Waals surface area contributed by atoms with Crippen LogP contribution in [0.1, 0.15) is 12.5 Å². The quantitative estimate of drug-likeness (QED) is 0.795. The molecule has 1 unspecified atom stereocenters. The third-order valence-electron chi connectivity index (χ3n) is 3.36. The summed E-state index contributed by atoms with van der Waals surface area (Å²) >= 11 is 0. The summed E-state index contributed by atoms with van der Waals surface area (Å²) in [6.07, 6.45) is 3.25. The first kappa shape index (κ1) is 15.5. The Balaban J connectivity index is 1.91. The number of nitrogens with zero attached hydrogens (tertiary/aromatic N) is 1. The number of rotatable bonds is 5. The molecule has 0 spiro atoms. The van der Waals surface area contributed by atoms with Gasteiger partial charge in [-0.1, -0.05) is 12.1 Å². The lowest BCUT2D eigenvalue weighted by Crippen LogP contribution is -2.36. The van der Waals surface area contributed by atoms with Crippen molar-refractivity contribution in [3.8, 4) is 0 Å². The lowest BCUT2D eigenvalue weighted by molar-refractivity contribution is -0.117. The molecule has 2 rings (SSSR count). The minimum Gasteiger partial charge on any atom is -0.394 e. The predicted octanol–water partition coefficient (Wildman–Crippen LogP) is 1.03. The highest BCUT2D eigenvalue weighted by Crippen LogP contribution is 2.17. The zero-order valence-corrected chi connectivity index (χ0v) is 12.3. The molecule has 0 saturated carbocycles. The zero-order chi connectivity index (χ0) is 15.1. The van der Waals surface area contributed by atoms with E-state index in [1.165, 1.54) is 11.8 Å². The summed E-state index contributed by atoms with van der Waals surface area (Å²) in [7, 11) is 0. The number of nitrogens with one attached hydrogen (secondary N) is 1. The van der Waals surface area contributed by atoms with Crippen LogP contribution in [0.5, 0.6) is 0 Å². The number of anilines is 1. The lowest BCUT2D eigenvalue weighted by atomic mass is 10.1. The standard InChI is InChI=1S/C16H22N2O3/c1-13(12-19)17-16(20)7-4-14-2-5-15(6-3-14)18-8-10-21-11-9-18/h2-7,13,19H,8-12H2,1H3,(H,17,20)/b7-4+. The van der Waals surface area contributed by atoms with Gasteiger partial charge in [0, 0.05) is 30.9 Å². The number of aliphatic hydroxyl groups is 1. The summed E-state index contributed by atoms with van der Waals surface area (Å²) < 4.78 is 5.34. The van der Waals surface area contributed by atoms with Gasteiger partial charge in [-0.15, -0.1) is 0 Å². The van der Waals surface area contributed by atoms with Gasteiger partial charge in [-0.3, -0.25) is 4.79 Å². The first-order chi connectivity index (χ1) is 10.2.